The average Bonchev–Trinajstić information content (AvgIpc) is 2.95. The van der Waals surface area contributed by atoms with Gasteiger partial charge < -0.3 is 14.2 Å². The smallest absolute Gasteiger partial charge is 0.343 e. The Kier molecular flexibility index (Phi) is 9.05. The van der Waals surface area contributed by atoms with Crippen molar-refractivity contribution in [1.29, 1.82) is 0 Å². The van der Waals surface area contributed by atoms with Gasteiger partial charge in [-0.3, -0.25) is 4.79 Å². The maximum absolute atomic E-state index is 12.7. The number of amides is 1. The number of hydrazone groups is 1. The van der Waals surface area contributed by atoms with Crippen molar-refractivity contribution in [3.8, 4) is 17.2 Å². The Morgan fingerprint density at radius 3 is 2.05 bits per heavy atom. The lowest BCUT2D eigenvalue weighted by Gasteiger charge is -2.13. The second-order valence-corrected chi connectivity index (χ2v) is 8.60. The van der Waals surface area contributed by atoms with Crippen molar-refractivity contribution in [2.45, 2.75) is 13.0 Å². The molecule has 1 N–H and O–H groups in total. The Morgan fingerprint density at radius 1 is 0.769 bits per heavy atom. The molecular formula is C30H23ClN2O6. The molecular weight excluding hydrogens is 520 g/mol. The highest BCUT2D eigenvalue weighted by atomic mass is 35.5. The van der Waals surface area contributed by atoms with Gasteiger partial charge in [0.25, 0.3) is 5.91 Å². The fourth-order valence-corrected chi connectivity index (χ4v) is 3.48. The predicted molar refractivity (Wildman–Crippen MR) is 147 cm³/mol. The molecule has 8 nitrogen and oxygen atoms in total. The van der Waals surface area contributed by atoms with Crippen molar-refractivity contribution in [3.63, 3.8) is 0 Å². The third kappa shape index (κ3) is 7.77. The molecule has 0 radical (unpaired) electrons. The second kappa shape index (κ2) is 13.0. The maximum atomic E-state index is 12.7. The Bertz CT molecular complexity index is 1490. The fraction of sp³-hybridized carbons (Fsp3) is 0.0667. The third-order valence-electron chi connectivity index (χ3n) is 5.27. The van der Waals surface area contributed by atoms with Crippen LogP contribution in [0.25, 0.3) is 0 Å². The first kappa shape index (κ1) is 27.1. The highest BCUT2D eigenvalue weighted by molar-refractivity contribution is 6.30. The number of hydrogen-bond donors (Lipinski definition) is 1. The molecule has 9 heteroatoms. The second-order valence-electron chi connectivity index (χ2n) is 8.16. The van der Waals surface area contributed by atoms with Crippen LogP contribution in [0.4, 0.5) is 0 Å². The van der Waals surface area contributed by atoms with E-state index < -0.39 is 23.9 Å². The lowest BCUT2D eigenvalue weighted by atomic mass is 10.2. The van der Waals surface area contributed by atoms with Crippen LogP contribution in [0.3, 0.4) is 0 Å². The van der Waals surface area contributed by atoms with Crippen LogP contribution in [0, 0.1) is 0 Å². The Morgan fingerprint density at radius 2 is 1.41 bits per heavy atom. The number of benzene rings is 4. The number of esters is 2. The van der Waals surface area contributed by atoms with Gasteiger partial charge in [-0.1, -0.05) is 54.1 Å². The quantitative estimate of drug-likeness (QED) is 0.126. The molecule has 0 aromatic heterocycles. The van der Waals surface area contributed by atoms with E-state index in [0.717, 1.165) is 0 Å². The van der Waals surface area contributed by atoms with E-state index in [-0.39, 0.29) is 11.5 Å². The van der Waals surface area contributed by atoms with Crippen LogP contribution in [0.1, 0.15) is 33.2 Å². The summed E-state index contributed by atoms with van der Waals surface area (Å²) in [4.78, 5) is 37.7. The summed E-state index contributed by atoms with van der Waals surface area (Å²) in [5, 5.41) is 4.45. The number of halogens is 1. The number of carbonyl (C=O) groups excluding carboxylic acids is 3. The van der Waals surface area contributed by atoms with Crippen LogP contribution < -0.4 is 19.6 Å². The van der Waals surface area contributed by atoms with Crippen LogP contribution in [0.5, 0.6) is 17.2 Å². The molecule has 0 heterocycles. The fourth-order valence-electron chi connectivity index (χ4n) is 3.30. The van der Waals surface area contributed by atoms with Crippen LogP contribution in [-0.4, -0.2) is 30.2 Å². The van der Waals surface area contributed by atoms with Crippen LogP contribution in [-0.2, 0) is 4.79 Å². The number of hydrogen-bond acceptors (Lipinski definition) is 7. The molecule has 4 aromatic rings. The molecule has 0 spiro atoms. The highest BCUT2D eigenvalue weighted by Gasteiger charge is 2.16. The Balaban J connectivity index is 1.49. The standard InChI is InChI=1S/C30H23ClN2O6/c1-20(37-25-14-8-13-24(31)17-25)28(34)33-32-19-23-15-16-26(38-29(35)21-9-4-2-5-10-21)18-27(23)39-30(36)22-11-6-3-7-12-22/h2-20H,1H3,(H,33,34)/b32-19+. The van der Waals surface area contributed by atoms with Crippen molar-refractivity contribution in [2.75, 3.05) is 0 Å². The largest absolute Gasteiger partial charge is 0.481 e. The number of nitrogens with one attached hydrogen (secondary N) is 1. The summed E-state index contributed by atoms with van der Waals surface area (Å²) in [6.07, 6.45) is 0.441. The predicted octanol–water partition coefficient (Wildman–Crippen LogP) is 5.70. The van der Waals surface area contributed by atoms with Crippen molar-refractivity contribution in [1.82, 2.24) is 5.43 Å². The minimum absolute atomic E-state index is 0.0726. The summed E-state index contributed by atoms with van der Waals surface area (Å²) in [6.45, 7) is 1.56. The first-order chi connectivity index (χ1) is 18.9. The minimum atomic E-state index is -0.865. The molecule has 0 bridgehead atoms. The maximum Gasteiger partial charge on any atom is 0.343 e. The van der Waals surface area contributed by atoms with E-state index >= 15 is 0 Å². The molecule has 0 saturated heterocycles. The minimum Gasteiger partial charge on any atom is -0.481 e. The van der Waals surface area contributed by atoms with E-state index in [2.05, 4.69) is 10.5 Å². The van der Waals surface area contributed by atoms with E-state index in [0.29, 0.717) is 27.5 Å². The first-order valence-electron chi connectivity index (χ1n) is 11.8. The molecule has 0 aliphatic carbocycles. The van der Waals surface area contributed by atoms with Crippen molar-refractivity contribution >= 4 is 35.7 Å². The molecule has 4 aromatic carbocycles. The van der Waals surface area contributed by atoms with Gasteiger partial charge in [-0.05, 0) is 61.5 Å². The molecule has 1 atom stereocenters. The normalized spacial score (nSPS) is 11.4. The molecule has 39 heavy (non-hydrogen) atoms. The van der Waals surface area contributed by atoms with Crippen molar-refractivity contribution < 1.29 is 28.6 Å². The summed E-state index contributed by atoms with van der Waals surface area (Å²) in [7, 11) is 0. The molecule has 0 aliphatic rings. The highest BCUT2D eigenvalue weighted by Crippen LogP contribution is 2.26. The van der Waals surface area contributed by atoms with Gasteiger partial charge in [0.05, 0.1) is 17.3 Å². The average molecular weight is 543 g/mol. The molecule has 1 amide bonds. The van der Waals surface area contributed by atoms with E-state index in [1.807, 2.05) is 0 Å². The zero-order chi connectivity index (χ0) is 27.6. The summed E-state index contributed by atoms with van der Waals surface area (Å²) < 4.78 is 16.6. The molecule has 0 aliphatic heterocycles. The summed E-state index contributed by atoms with van der Waals surface area (Å²) in [5.74, 6) is -1.04. The lowest BCUT2D eigenvalue weighted by Crippen LogP contribution is -2.33. The number of rotatable bonds is 9. The van der Waals surface area contributed by atoms with Crippen LogP contribution in [0.2, 0.25) is 5.02 Å². The van der Waals surface area contributed by atoms with Gasteiger partial charge in [-0.15, -0.1) is 0 Å². The number of carbonyl (C=O) groups is 3. The van der Waals surface area contributed by atoms with Gasteiger partial charge in [0.1, 0.15) is 17.2 Å². The topological polar surface area (TPSA) is 103 Å². The van der Waals surface area contributed by atoms with Gasteiger partial charge in [0.2, 0.25) is 0 Å². The summed E-state index contributed by atoms with van der Waals surface area (Å²) in [5.41, 5.74) is 3.43. The summed E-state index contributed by atoms with van der Waals surface area (Å²) >= 11 is 5.95. The van der Waals surface area contributed by atoms with Crippen LogP contribution in [0.15, 0.2) is 108 Å². The van der Waals surface area contributed by atoms with Gasteiger partial charge in [-0.25, -0.2) is 15.0 Å². The third-order valence-corrected chi connectivity index (χ3v) is 5.51. The number of nitrogens with zero attached hydrogens (tertiary/aromatic N) is 1. The van der Waals surface area contributed by atoms with Crippen molar-refractivity contribution in [3.05, 3.63) is 125 Å². The van der Waals surface area contributed by atoms with E-state index in [4.69, 9.17) is 25.8 Å². The zero-order valence-electron chi connectivity index (χ0n) is 20.7. The SMILES string of the molecule is CC(Oc1cccc(Cl)c1)C(=O)N/N=C/c1ccc(OC(=O)c2ccccc2)cc1OC(=O)c1ccccc1. The first-order valence-corrected chi connectivity index (χ1v) is 12.2. The van der Waals surface area contributed by atoms with E-state index in [1.165, 1.54) is 18.3 Å². The molecule has 0 fully saturated rings. The van der Waals surface area contributed by atoms with Gasteiger partial charge in [0.15, 0.2) is 6.10 Å². The zero-order valence-corrected chi connectivity index (χ0v) is 21.5. The van der Waals surface area contributed by atoms with Gasteiger partial charge >= 0.3 is 11.9 Å². The molecule has 0 saturated carbocycles. The molecule has 196 valence electrons. The van der Waals surface area contributed by atoms with E-state index in [1.54, 1.807) is 97.9 Å². The van der Waals surface area contributed by atoms with E-state index in [9.17, 15) is 14.4 Å². The van der Waals surface area contributed by atoms with Gasteiger partial charge in [-0.2, -0.15) is 5.10 Å². The number of ether oxygens (including phenoxy) is 3. The summed E-state index contributed by atoms with van der Waals surface area (Å²) in [6, 6.07) is 28.0. The molecule has 1 unspecified atom stereocenters. The molecule has 4 rings (SSSR count). The van der Waals surface area contributed by atoms with Crippen LogP contribution >= 0.6 is 11.6 Å². The van der Waals surface area contributed by atoms with Crippen molar-refractivity contribution in [2.24, 2.45) is 5.10 Å². The van der Waals surface area contributed by atoms with Gasteiger partial charge in [0, 0.05) is 16.7 Å². The Labute approximate surface area is 229 Å². The lowest BCUT2D eigenvalue weighted by molar-refractivity contribution is -0.127. The monoisotopic (exact) mass is 542 g/mol. The Hall–Kier alpha value is -4.95.